The smallest absolute Gasteiger partial charge is 0.332 e. The summed E-state index contributed by atoms with van der Waals surface area (Å²) in [6.45, 7) is 0.775. The summed E-state index contributed by atoms with van der Waals surface area (Å²) < 4.78 is 41.0. The number of carboxylic acids is 1. The highest BCUT2D eigenvalue weighted by molar-refractivity contribution is 5.72. The van der Waals surface area contributed by atoms with E-state index in [4.69, 9.17) is 33.2 Å². The minimum atomic E-state index is -1.70. The van der Waals surface area contributed by atoms with Gasteiger partial charge in [-0.2, -0.15) is 0 Å². The largest absolute Gasteiger partial charge is 0.479 e. The monoisotopic (exact) mass is 620 g/mol. The predicted octanol–water partition coefficient (Wildman–Crippen LogP) is -2.06. The lowest BCUT2D eigenvalue weighted by Crippen LogP contribution is -2.67. The van der Waals surface area contributed by atoms with Gasteiger partial charge in [-0.15, -0.1) is 0 Å². The first-order valence-corrected chi connectivity index (χ1v) is 14.9. The lowest BCUT2D eigenvalue weighted by atomic mass is 9.64. The normalized spacial score (nSPS) is 50.0. The van der Waals surface area contributed by atoms with Crippen molar-refractivity contribution in [1.82, 2.24) is 0 Å². The van der Waals surface area contributed by atoms with Gasteiger partial charge >= 0.3 is 11.9 Å². The van der Waals surface area contributed by atoms with Crippen LogP contribution < -0.4 is 0 Å². The van der Waals surface area contributed by atoms with Crippen LogP contribution in [0.2, 0.25) is 0 Å². The SMILES string of the molecule is COC1CC(C2OC3CC(O)CC4OC(C(=O)O)CC(C2O[C@@H]2O[C@H](COC(C)=O)[C@@H](O)[C@H](O)[C@H]2O)C43)CC(OC)C1O. The van der Waals surface area contributed by atoms with Gasteiger partial charge in [-0.05, 0) is 37.5 Å². The first-order chi connectivity index (χ1) is 20.4. The molecule has 0 radical (unpaired) electrons. The van der Waals surface area contributed by atoms with Crippen LogP contribution in [0.15, 0.2) is 0 Å². The van der Waals surface area contributed by atoms with Crippen molar-refractivity contribution in [2.24, 2.45) is 17.8 Å². The molecular formula is C28H44O15. The summed E-state index contributed by atoms with van der Waals surface area (Å²) >= 11 is 0. The highest BCUT2D eigenvalue weighted by atomic mass is 16.7. The number of aliphatic carboxylic acids is 1. The predicted molar refractivity (Wildman–Crippen MR) is 140 cm³/mol. The molecule has 0 aromatic rings. The Bertz CT molecular complexity index is 968. The number of esters is 1. The second kappa shape index (κ2) is 13.5. The van der Waals surface area contributed by atoms with Crippen molar-refractivity contribution in [3.05, 3.63) is 0 Å². The summed E-state index contributed by atoms with van der Waals surface area (Å²) in [5.74, 6) is -2.96. The summed E-state index contributed by atoms with van der Waals surface area (Å²) in [5, 5.41) is 63.4. The van der Waals surface area contributed by atoms with Crippen molar-refractivity contribution in [1.29, 1.82) is 0 Å². The number of hydrogen-bond acceptors (Lipinski definition) is 14. The van der Waals surface area contributed by atoms with Crippen LogP contribution in [-0.4, -0.2) is 149 Å². The van der Waals surface area contributed by atoms with E-state index >= 15 is 0 Å². The molecule has 5 rings (SSSR count). The second-order valence-corrected chi connectivity index (χ2v) is 12.4. The van der Waals surface area contributed by atoms with Crippen LogP contribution in [0.4, 0.5) is 0 Å². The molecule has 0 aromatic carbocycles. The first kappa shape index (κ1) is 32.9. The highest BCUT2D eigenvalue weighted by Gasteiger charge is 2.60. The van der Waals surface area contributed by atoms with E-state index in [0.29, 0.717) is 19.3 Å². The van der Waals surface area contributed by atoms with Crippen molar-refractivity contribution in [3.63, 3.8) is 0 Å². The van der Waals surface area contributed by atoms with E-state index in [0.717, 1.165) is 0 Å². The maximum atomic E-state index is 12.2. The van der Waals surface area contributed by atoms with Crippen LogP contribution in [0.25, 0.3) is 0 Å². The fourth-order valence-electron chi connectivity index (χ4n) is 7.77. The Balaban J connectivity index is 1.49. The van der Waals surface area contributed by atoms with E-state index in [-0.39, 0.29) is 24.7 Å². The van der Waals surface area contributed by atoms with Gasteiger partial charge in [0.05, 0.1) is 42.7 Å². The topological polar surface area (TPSA) is 220 Å². The Morgan fingerprint density at radius 2 is 1.42 bits per heavy atom. The standard InChI is InChI=1S/C28H44O15/c1-10(29)39-9-19-22(32)23(33)24(34)28(42-19)43-26-13-8-18(27(35)36)40-14-6-12(30)7-15(20(13)14)41-25(26)11-4-16(37-2)21(31)17(5-11)38-3/h11-26,28,30-34H,4-9H2,1-3H3,(H,35,36)/t11?,12?,13?,14?,15?,16?,17?,18?,19-,20?,21?,22-,23+,24-,25?,26?,28+/m1/s1. The molecule has 43 heavy (non-hydrogen) atoms. The summed E-state index contributed by atoms with van der Waals surface area (Å²) in [7, 11) is 2.96. The zero-order valence-corrected chi connectivity index (χ0v) is 24.4. The van der Waals surface area contributed by atoms with E-state index in [1.54, 1.807) is 0 Å². The van der Waals surface area contributed by atoms with Crippen molar-refractivity contribution >= 4 is 11.9 Å². The molecule has 3 saturated heterocycles. The molecule has 0 amide bonds. The average Bonchev–Trinajstić information content (AvgIpc) is 2.97. The Labute approximate surface area is 248 Å². The number of carboxylic acid groups (broad SMARTS) is 1. The number of carbonyl (C=O) groups is 2. The number of rotatable bonds is 8. The zero-order chi connectivity index (χ0) is 31.2. The molecule has 0 aromatic heterocycles. The minimum Gasteiger partial charge on any atom is -0.479 e. The average molecular weight is 621 g/mol. The quantitative estimate of drug-likeness (QED) is 0.161. The number of ether oxygens (including phenoxy) is 7. The molecule has 6 N–H and O–H groups in total. The number of methoxy groups -OCH3 is 2. The highest BCUT2D eigenvalue weighted by Crippen LogP contribution is 2.51. The van der Waals surface area contributed by atoms with E-state index < -0.39 is 110 Å². The van der Waals surface area contributed by atoms with Gasteiger partial charge in [0.25, 0.3) is 0 Å². The Morgan fingerprint density at radius 3 is 2.00 bits per heavy atom. The Hall–Kier alpha value is -1.50. The van der Waals surface area contributed by atoms with Crippen molar-refractivity contribution in [2.75, 3.05) is 20.8 Å². The molecule has 15 heteroatoms. The Morgan fingerprint density at radius 1 is 0.791 bits per heavy atom. The molecule has 2 saturated carbocycles. The molecule has 2 aliphatic carbocycles. The molecule has 3 heterocycles. The summed E-state index contributed by atoms with van der Waals surface area (Å²) in [6.07, 6.45) is -13.3. The van der Waals surface area contributed by atoms with Gasteiger partial charge in [0, 0.05) is 33.5 Å². The summed E-state index contributed by atoms with van der Waals surface area (Å²) in [6, 6.07) is 0. The van der Waals surface area contributed by atoms with Gasteiger partial charge in [-0.1, -0.05) is 0 Å². The molecule has 5 fully saturated rings. The summed E-state index contributed by atoms with van der Waals surface area (Å²) in [4.78, 5) is 23.6. The van der Waals surface area contributed by atoms with Gasteiger partial charge in [0.2, 0.25) is 0 Å². The molecule has 0 spiro atoms. The number of aliphatic hydroxyl groups is 5. The molecule has 5 aliphatic rings. The third-order valence-electron chi connectivity index (χ3n) is 9.85. The Kier molecular flexibility index (Phi) is 10.3. The van der Waals surface area contributed by atoms with Gasteiger partial charge in [0.1, 0.15) is 37.1 Å². The number of carbonyl (C=O) groups excluding carboxylic acids is 1. The third kappa shape index (κ3) is 6.58. The number of hydrogen-bond donors (Lipinski definition) is 6. The zero-order valence-electron chi connectivity index (χ0n) is 24.4. The lowest BCUT2D eigenvalue weighted by molar-refractivity contribution is -0.351. The van der Waals surface area contributed by atoms with Gasteiger partial charge in [-0.3, -0.25) is 4.79 Å². The van der Waals surface area contributed by atoms with Crippen LogP contribution in [0.3, 0.4) is 0 Å². The van der Waals surface area contributed by atoms with E-state index in [1.165, 1.54) is 21.1 Å². The fourth-order valence-corrected chi connectivity index (χ4v) is 7.77. The fraction of sp³-hybridized carbons (Fsp3) is 0.929. The minimum absolute atomic E-state index is 0.0508. The van der Waals surface area contributed by atoms with Gasteiger partial charge in [-0.25, -0.2) is 4.79 Å². The van der Waals surface area contributed by atoms with E-state index in [2.05, 4.69) is 0 Å². The lowest BCUT2D eigenvalue weighted by Gasteiger charge is -2.58. The van der Waals surface area contributed by atoms with Crippen LogP contribution in [-0.2, 0) is 42.7 Å². The molecule has 15 atom stereocenters. The van der Waals surface area contributed by atoms with Gasteiger partial charge in [0.15, 0.2) is 12.4 Å². The second-order valence-electron chi connectivity index (χ2n) is 12.4. The molecule has 15 nitrogen and oxygen atoms in total. The van der Waals surface area contributed by atoms with E-state index in [1.807, 2.05) is 0 Å². The van der Waals surface area contributed by atoms with Crippen LogP contribution >= 0.6 is 0 Å². The number of aliphatic hydroxyl groups excluding tert-OH is 5. The van der Waals surface area contributed by atoms with E-state index in [9.17, 15) is 40.2 Å². The van der Waals surface area contributed by atoms with Crippen molar-refractivity contribution in [2.45, 2.75) is 125 Å². The molecule has 0 bridgehead atoms. The van der Waals surface area contributed by atoms with Crippen molar-refractivity contribution < 1.29 is 73.4 Å². The van der Waals surface area contributed by atoms with Gasteiger partial charge < -0.3 is 63.8 Å². The molecule has 10 unspecified atom stereocenters. The van der Waals surface area contributed by atoms with Crippen LogP contribution in [0.1, 0.15) is 39.0 Å². The summed E-state index contributed by atoms with van der Waals surface area (Å²) in [5.41, 5.74) is 0. The maximum Gasteiger partial charge on any atom is 0.332 e. The molecular weight excluding hydrogens is 576 g/mol. The van der Waals surface area contributed by atoms with Crippen LogP contribution in [0.5, 0.6) is 0 Å². The molecule has 3 aliphatic heterocycles. The molecule has 246 valence electrons. The van der Waals surface area contributed by atoms with Crippen LogP contribution in [0, 0.1) is 17.8 Å². The maximum absolute atomic E-state index is 12.2. The van der Waals surface area contributed by atoms with Crippen molar-refractivity contribution in [3.8, 4) is 0 Å². The third-order valence-corrected chi connectivity index (χ3v) is 9.85. The first-order valence-electron chi connectivity index (χ1n) is 14.9.